The van der Waals surface area contributed by atoms with Crippen LogP contribution < -0.4 is 21.6 Å². The lowest BCUT2D eigenvalue weighted by molar-refractivity contribution is 0.258. The van der Waals surface area contributed by atoms with E-state index in [9.17, 15) is 0 Å². The van der Waals surface area contributed by atoms with Crippen LogP contribution in [0, 0.1) is 0 Å². The standard InChI is InChI=1S/C18H20Cl2N6O/c1-2-3-4-26(22)5-6-27-15-8-11(19)7-13(20)16(15)17-12-9-23-10-14(12)24-18(21)25-17/h2-4,7-8,23H,1,5-6,9-10,22H2,(H2,21,24,25)/b4-3-. The van der Waals surface area contributed by atoms with Crippen LogP contribution in [0.25, 0.3) is 11.3 Å². The van der Waals surface area contributed by atoms with Crippen molar-refractivity contribution >= 4 is 29.2 Å². The fourth-order valence-electron chi connectivity index (χ4n) is 2.79. The Kier molecular flexibility index (Phi) is 6.18. The van der Waals surface area contributed by atoms with Gasteiger partial charge in [-0.25, -0.2) is 15.8 Å². The first-order chi connectivity index (χ1) is 13.0. The number of ether oxygens (including phenoxy) is 1. The lowest BCUT2D eigenvalue weighted by atomic mass is 10.0. The number of nitrogen functional groups attached to an aromatic ring is 1. The van der Waals surface area contributed by atoms with Gasteiger partial charge in [-0.1, -0.05) is 35.9 Å². The highest BCUT2D eigenvalue weighted by molar-refractivity contribution is 6.37. The Labute approximate surface area is 167 Å². The Morgan fingerprint density at radius 1 is 1.30 bits per heavy atom. The number of allylic oxidation sites excluding steroid dienone is 2. The van der Waals surface area contributed by atoms with Gasteiger partial charge in [0.25, 0.3) is 0 Å². The van der Waals surface area contributed by atoms with Crippen molar-refractivity contribution in [1.29, 1.82) is 0 Å². The molecule has 0 spiro atoms. The van der Waals surface area contributed by atoms with E-state index >= 15 is 0 Å². The summed E-state index contributed by atoms with van der Waals surface area (Å²) in [6.45, 7) is 5.65. The van der Waals surface area contributed by atoms with Gasteiger partial charge in [-0.2, -0.15) is 0 Å². The van der Waals surface area contributed by atoms with Crippen molar-refractivity contribution in [3.8, 4) is 17.0 Å². The van der Waals surface area contributed by atoms with E-state index in [0.29, 0.717) is 53.3 Å². The maximum Gasteiger partial charge on any atom is 0.220 e. The first kappa shape index (κ1) is 19.4. The van der Waals surface area contributed by atoms with Crippen molar-refractivity contribution in [2.45, 2.75) is 13.1 Å². The van der Waals surface area contributed by atoms with E-state index in [1.165, 1.54) is 5.01 Å². The summed E-state index contributed by atoms with van der Waals surface area (Å²) < 4.78 is 5.93. The van der Waals surface area contributed by atoms with E-state index < -0.39 is 0 Å². The molecule has 1 aliphatic rings. The molecule has 9 heteroatoms. The fourth-order valence-corrected chi connectivity index (χ4v) is 3.36. The summed E-state index contributed by atoms with van der Waals surface area (Å²) in [6.07, 6.45) is 5.08. The molecule has 0 aliphatic carbocycles. The zero-order valence-electron chi connectivity index (χ0n) is 14.6. The van der Waals surface area contributed by atoms with Crippen molar-refractivity contribution < 1.29 is 4.74 Å². The van der Waals surface area contributed by atoms with Gasteiger partial charge in [-0.05, 0) is 18.2 Å². The number of nitrogens with zero attached hydrogens (tertiary/aromatic N) is 3. The minimum absolute atomic E-state index is 0.187. The summed E-state index contributed by atoms with van der Waals surface area (Å²) in [6, 6.07) is 3.36. The molecule has 0 unspecified atom stereocenters. The van der Waals surface area contributed by atoms with Crippen molar-refractivity contribution in [1.82, 2.24) is 20.3 Å². The van der Waals surface area contributed by atoms with Gasteiger partial charge in [0, 0.05) is 29.9 Å². The molecule has 3 rings (SSSR count). The van der Waals surface area contributed by atoms with Gasteiger partial charge in [0.2, 0.25) is 5.95 Å². The Hall–Kier alpha value is -2.32. The average molecular weight is 407 g/mol. The average Bonchev–Trinajstić information content (AvgIpc) is 3.07. The molecule has 2 aromatic rings. The number of hydrogen-bond acceptors (Lipinski definition) is 7. The molecule has 0 amide bonds. The smallest absolute Gasteiger partial charge is 0.220 e. The van der Waals surface area contributed by atoms with Crippen LogP contribution in [0.5, 0.6) is 5.75 Å². The van der Waals surface area contributed by atoms with Crippen LogP contribution >= 0.6 is 23.2 Å². The van der Waals surface area contributed by atoms with Gasteiger partial charge in [0.1, 0.15) is 12.4 Å². The molecule has 0 saturated carbocycles. The largest absolute Gasteiger partial charge is 0.491 e. The van der Waals surface area contributed by atoms with Crippen LogP contribution in [0.15, 0.2) is 37.1 Å². The van der Waals surface area contributed by atoms with E-state index in [0.717, 1.165) is 11.3 Å². The molecule has 0 saturated heterocycles. The molecule has 142 valence electrons. The predicted octanol–water partition coefficient (Wildman–Crippen LogP) is 2.89. The topological polar surface area (TPSA) is 102 Å². The van der Waals surface area contributed by atoms with Gasteiger partial charge >= 0.3 is 0 Å². The molecule has 5 N–H and O–H groups in total. The second-order valence-corrected chi connectivity index (χ2v) is 6.73. The summed E-state index contributed by atoms with van der Waals surface area (Å²) in [7, 11) is 0. The van der Waals surface area contributed by atoms with Crippen LogP contribution in [0.1, 0.15) is 11.3 Å². The molecule has 27 heavy (non-hydrogen) atoms. The second kappa shape index (κ2) is 8.58. The van der Waals surface area contributed by atoms with Gasteiger partial charge in [0.05, 0.1) is 28.5 Å². The lowest BCUT2D eigenvalue weighted by Gasteiger charge is -2.18. The summed E-state index contributed by atoms with van der Waals surface area (Å²) >= 11 is 12.7. The molecule has 1 aromatic carbocycles. The summed E-state index contributed by atoms with van der Waals surface area (Å²) in [5.41, 5.74) is 8.98. The first-order valence-electron chi connectivity index (χ1n) is 8.28. The number of aromatic nitrogens is 2. The SMILES string of the molecule is C=C/C=C\N(N)CCOc1cc(Cl)cc(Cl)c1-c1nc(N)nc2c1CNC2. The minimum atomic E-state index is 0.187. The zero-order chi connectivity index (χ0) is 19.4. The third-order valence-electron chi connectivity index (χ3n) is 3.98. The number of anilines is 1. The van der Waals surface area contributed by atoms with Crippen molar-refractivity contribution in [2.75, 3.05) is 18.9 Å². The lowest BCUT2D eigenvalue weighted by Crippen LogP contribution is -2.29. The van der Waals surface area contributed by atoms with Crippen molar-refractivity contribution in [2.24, 2.45) is 5.84 Å². The zero-order valence-corrected chi connectivity index (χ0v) is 16.1. The molecule has 7 nitrogen and oxygen atoms in total. The minimum Gasteiger partial charge on any atom is -0.491 e. The van der Waals surface area contributed by atoms with E-state index in [1.807, 2.05) is 0 Å². The number of nitrogens with one attached hydrogen (secondary N) is 1. The number of hydrazine groups is 1. The fraction of sp³-hybridized carbons (Fsp3) is 0.222. The second-order valence-electron chi connectivity index (χ2n) is 5.88. The summed E-state index contributed by atoms with van der Waals surface area (Å²) in [5, 5.41) is 5.64. The van der Waals surface area contributed by atoms with E-state index in [2.05, 4.69) is 21.9 Å². The van der Waals surface area contributed by atoms with Crippen LogP contribution in [-0.4, -0.2) is 28.1 Å². The van der Waals surface area contributed by atoms with Crippen molar-refractivity contribution in [3.63, 3.8) is 0 Å². The molecular weight excluding hydrogens is 387 g/mol. The van der Waals surface area contributed by atoms with Crippen LogP contribution in [0.2, 0.25) is 10.0 Å². The number of fused-ring (bicyclic) bond motifs is 1. The molecular formula is C18H20Cl2N6O. The highest BCUT2D eigenvalue weighted by Crippen LogP contribution is 2.41. The molecule has 1 aromatic heterocycles. The van der Waals surface area contributed by atoms with E-state index in [-0.39, 0.29) is 5.95 Å². The highest BCUT2D eigenvalue weighted by atomic mass is 35.5. The van der Waals surface area contributed by atoms with Crippen LogP contribution in [0.3, 0.4) is 0 Å². The third-order valence-corrected chi connectivity index (χ3v) is 4.50. The Morgan fingerprint density at radius 3 is 2.89 bits per heavy atom. The van der Waals surface area contributed by atoms with Gasteiger partial charge in [-0.15, -0.1) is 0 Å². The van der Waals surface area contributed by atoms with Crippen LogP contribution in [-0.2, 0) is 13.1 Å². The number of nitrogens with two attached hydrogens (primary N) is 2. The predicted molar refractivity (Wildman–Crippen MR) is 108 cm³/mol. The normalized spacial score (nSPS) is 13.0. The Balaban J connectivity index is 1.93. The molecule has 0 atom stereocenters. The molecule has 1 aliphatic heterocycles. The number of halogens is 2. The molecule has 0 radical (unpaired) electrons. The third kappa shape index (κ3) is 4.51. The number of rotatable bonds is 7. The first-order valence-corrected chi connectivity index (χ1v) is 9.04. The molecule has 2 heterocycles. The summed E-state index contributed by atoms with van der Waals surface area (Å²) in [5.74, 6) is 6.55. The van der Waals surface area contributed by atoms with E-state index in [1.54, 1.807) is 30.5 Å². The highest BCUT2D eigenvalue weighted by Gasteiger charge is 2.24. The van der Waals surface area contributed by atoms with Crippen LogP contribution in [0.4, 0.5) is 5.95 Å². The quantitative estimate of drug-likeness (QED) is 0.369. The van der Waals surface area contributed by atoms with E-state index in [4.69, 9.17) is 39.5 Å². The molecule has 0 bridgehead atoms. The Bertz CT molecular complexity index is 887. The number of benzene rings is 1. The maximum atomic E-state index is 6.49. The van der Waals surface area contributed by atoms with Gasteiger partial charge in [-0.3, -0.25) is 0 Å². The summed E-state index contributed by atoms with van der Waals surface area (Å²) in [4.78, 5) is 8.70. The van der Waals surface area contributed by atoms with Gasteiger partial charge in [0.15, 0.2) is 0 Å². The molecule has 0 fully saturated rings. The Morgan fingerprint density at radius 2 is 2.11 bits per heavy atom. The van der Waals surface area contributed by atoms with Crippen molar-refractivity contribution in [3.05, 3.63) is 58.4 Å². The number of hydrogen-bond donors (Lipinski definition) is 3. The monoisotopic (exact) mass is 406 g/mol. The maximum absolute atomic E-state index is 6.49. The van der Waals surface area contributed by atoms with Gasteiger partial charge < -0.3 is 20.8 Å².